The third-order valence-electron chi connectivity index (χ3n) is 1.95. The summed E-state index contributed by atoms with van der Waals surface area (Å²) in [5.41, 5.74) is 0.752. The maximum atomic E-state index is 10.5. The Kier molecular flexibility index (Phi) is 4.05. The highest BCUT2D eigenvalue weighted by Gasteiger charge is 2.09. The normalized spacial score (nSPS) is 12.1. The molecular weight excluding hydrogens is 196 g/mol. The molecule has 0 bridgehead atoms. The molecule has 5 heteroatoms. The number of methoxy groups -OCH3 is 1. The van der Waals surface area contributed by atoms with Crippen molar-refractivity contribution >= 4 is 5.97 Å². The summed E-state index contributed by atoms with van der Waals surface area (Å²) < 4.78 is 4.95. The van der Waals surface area contributed by atoms with Crippen molar-refractivity contribution in [3.8, 4) is 5.88 Å². The fourth-order valence-electron chi connectivity index (χ4n) is 1.01. The van der Waals surface area contributed by atoms with Crippen LogP contribution in [-0.2, 0) is 11.3 Å². The Hall–Kier alpha value is -1.62. The van der Waals surface area contributed by atoms with Gasteiger partial charge in [0.15, 0.2) is 0 Å². The van der Waals surface area contributed by atoms with Crippen LogP contribution in [0.3, 0.4) is 0 Å². The van der Waals surface area contributed by atoms with Crippen molar-refractivity contribution in [3.05, 3.63) is 23.9 Å². The number of aromatic nitrogens is 1. The number of hydrogen-bond donors (Lipinski definition) is 2. The van der Waals surface area contributed by atoms with Crippen LogP contribution in [0.1, 0.15) is 12.6 Å². The van der Waals surface area contributed by atoms with Crippen molar-refractivity contribution in [1.29, 1.82) is 0 Å². The lowest BCUT2D eigenvalue weighted by Crippen LogP contribution is -2.33. The van der Waals surface area contributed by atoms with Crippen LogP contribution < -0.4 is 10.1 Å². The Morgan fingerprint density at radius 1 is 1.67 bits per heavy atom. The van der Waals surface area contributed by atoms with Gasteiger partial charge in [-0.25, -0.2) is 4.98 Å². The Morgan fingerprint density at radius 2 is 2.40 bits per heavy atom. The predicted octanol–water partition coefficient (Wildman–Crippen LogP) is 0.653. The van der Waals surface area contributed by atoms with Gasteiger partial charge >= 0.3 is 5.97 Å². The number of aliphatic carboxylic acids is 1. The van der Waals surface area contributed by atoms with Crippen LogP contribution in [0, 0.1) is 0 Å². The van der Waals surface area contributed by atoms with E-state index in [0.717, 1.165) is 5.69 Å². The summed E-state index contributed by atoms with van der Waals surface area (Å²) in [6, 6.07) is 4.78. The molecule has 0 saturated heterocycles. The zero-order chi connectivity index (χ0) is 11.3. The zero-order valence-corrected chi connectivity index (χ0v) is 8.73. The fourth-order valence-corrected chi connectivity index (χ4v) is 1.01. The predicted molar refractivity (Wildman–Crippen MR) is 54.7 cm³/mol. The zero-order valence-electron chi connectivity index (χ0n) is 8.73. The standard InChI is InChI=1S/C10H14N2O3/c1-7(10(13)14)11-6-8-4-3-5-9(12-8)15-2/h3-5,7,11H,6H2,1-2H3,(H,13,14)/t7-/m1/s1. The van der Waals surface area contributed by atoms with Gasteiger partial charge in [-0.05, 0) is 13.0 Å². The summed E-state index contributed by atoms with van der Waals surface area (Å²) in [4.78, 5) is 14.7. The maximum absolute atomic E-state index is 10.5. The fraction of sp³-hybridized carbons (Fsp3) is 0.400. The lowest BCUT2D eigenvalue weighted by Gasteiger charge is -2.08. The molecule has 0 aromatic carbocycles. The van der Waals surface area contributed by atoms with Gasteiger partial charge in [0, 0.05) is 12.6 Å². The minimum absolute atomic E-state index is 0.407. The average molecular weight is 210 g/mol. The average Bonchev–Trinajstić information content (AvgIpc) is 2.26. The molecule has 0 saturated carbocycles. The number of ether oxygens (including phenoxy) is 1. The number of hydrogen-bond acceptors (Lipinski definition) is 4. The Morgan fingerprint density at radius 3 is 3.00 bits per heavy atom. The van der Waals surface area contributed by atoms with Crippen molar-refractivity contribution in [1.82, 2.24) is 10.3 Å². The molecule has 1 atom stereocenters. The number of nitrogens with zero attached hydrogens (tertiary/aromatic N) is 1. The van der Waals surface area contributed by atoms with E-state index in [0.29, 0.717) is 12.4 Å². The van der Waals surface area contributed by atoms with Crippen LogP contribution in [0.4, 0.5) is 0 Å². The van der Waals surface area contributed by atoms with Gasteiger partial charge in [0.05, 0.1) is 12.8 Å². The molecule has 5 nitrogen and oxygen atoms in total. The first-order chi connectivity index (χ1) is 7.13. The number of nitrogens with one attached hydrogen (secondary N) is 1. The van der Waals surface area contributed by atoms with Gasteiger partial charge in [0.2, 0.25) is 5.88 Å². The molecule has 1 aromatic rings. The summed E-state index contributed by atoms with van der Waals surface area (Å²) >= 11 is 0. The topological polar surface area (TPSA) is 71.5 Å². The van der Waals surface area contributed by atoms with Crippen LogP contribution in [0.15, 0.2) is 18.2 Å². The minimum atomic E-state index is -0.877. The second-order valence-electron chi connectivity index (χ2n) is 3.11. The highest BCUT2D eigenvalue weighted by molar-refractivity contribution is 5.72. The Labute approximate surface area is 88.1 Å². The van der Waals surface area contributed by atoms with E-state index in [-0.39, 0.29) is 0 Å². The first-order valence-corrected chi connectivity index (χ1v) is 4.59. The lowest BCUT2D eigenvalue weighted by atomic mass is 10.3. The number of pyridine rings is 1. The first kappa shape index (κ1) is 11.5. The second-order valence-corrected chi connectivity index (χ2v) is 3.11. The molecule has 0 unspecified atom stereocenters. The summed E-state index contributed by atoms with van der Waals surface area (Å²) in [6.07, 6.45) is 0. The molecule has 0 aliphatic carbocycles. The van der Waals surface area contributed by atoms with E-state index in [1.54, 1.807) is 20.1 Å². The van der Waals surface area contributed by atoms with E-state index < -0.39 is 12.0 Å². The molecule has 0 aliphatic heterocycles. The summed E-state index contributed by atoms with van der Waals surface area (Å²) in [5.74, 6) is -0.352. The first-order valence-electron chi connectivity index (χ1n) is 4.59. The smallest absolute Gasteiger partial charge is 0.320 e. The van der Waals surface area contributed by atoms with Crippen LogP contribution in [0.5, 0.6) is 5.88 Å². The monoisotopic (exact) mass is 210 g/mol. The van der Waals surface area contributed by atoms with Crippen molar-refractivity contribution in [2.45, 2.75) is 19.5 Å². The van der Waals surface area contributed by atoms with E-state index in [1.165, 1.54) is 0 Å². The molecule has 2 N–H and O–H groups in total. The van der Waals surface area contributed by atoms with Crippen molar-refractivity contribution in [2.75, 3.05) is 7.11 Å². The van der Waals surface area contributed by atoms with Crippen LogP contribution in [-0.4, -0.2) is 29.2 Å². The molecule has 1 rings (SSSR count). The SMILES string of the molecule is COc1cccc(CN[C@H](C)C(=O)O)n1. The van der Waals surface area contributed by atoms with Gasteiger partial charge in [0.25, 0.3) is 0 Å². The quantitative estimate of drug-likeness (QED) is 0.746. The third kappa shape index (κ3) is 3.55. The molecule has 0 spiro atoms. The number of carboxylic acid groups (broad SMARTS) is 1. The number of rotatable bonds is 5. The summed E-state index contributed by atoms with van der Waals surface area (Å²) in [7, 11) is 1.54. The third-order valence-corrected chi connectivity index (χ3v) is 1.95. The summed E-state index contributed by atoms with van der Waals surface area (Å²) in [6.45, 7) is 1.99. The van der Waals surface area contributed by atoms with Crippen molar-refractivity contribution < 1.29 is 14.6 Å². The molecule has 0 fully saturated rings. The van der Waals surface area contributed by atoms with Gasteiger partial charge in [-0.3, -0.25) is 10.1 Å². The van der Waals surface area contributed by atoms with Gasteiger partial charge < -0.3 is 9.84 Å². The van der Waals surface area contributed by atoms with Crippen LogP contribution >= 0.6 is 0 Å². The van der Waals surface area contributed by atoms with E-state index >= 15 is 0 Å². The lowest BCUT2D eigenvalue weighted by molar-refractivity contribution is -0.139. The van der Waals surface area contributed by atoms with Crippen molar-refractivity contribution in [2.24, 2.45) is 0 Å². The van der Waals surface area contributed by atoms with E-state index in [2.05, 4.69) is 10.3 Å². The molecule has 1 aromatic heterocycles. The Bertz CT molecular complexity index is 341. The van der Waals surface area contributed by atoms with Gasteiger partial charge in [0.1, 0.15) is 6.04 Å². The number of carboxylic acids is 1. The minimum Gasteiger partial charge on any atom is -0.481 e. The van der Waals surface area contributed by atoms with Gasteiger partial charge in [-0.15, -0.1) is 0 Å². The van der Waals surface area contributed by atoms with Crippen LogP contribution in [0.25, 0.3) is 0 Å². The molecule has 0 aliphatic rings. The molecule has 0 radical (unpaired) electrons. The number of carbonyl (C=O) groups is 1. The van der Waals surface area contributed by atoms with Crippen LogP contribution in [0.2, 0.25) is 0 Å². The maximum Gasteiger partial charge on any atom is 0.320 e. The van der Waals surface area contributed by atoms with E-state index in [1.807, 2.05) is 12.1 Å². The largest absolute Gasteiger partial charge is 0.481 e. The Balaban J connectivity index is 2.53. The molecule has 15 heavy (non-hydrogen) atoms. The summed E-state index contributed by atoms with van der Waals surface area (Å²) in [5, 5.41) is 11.5. The van der Waals surface area contributed by atoms with E-state index in [4.69, 9.17) is 9.84 Å². The second kappa shape index (κ2) is 5.31. The molecule has 82 valence electrons. The van der Waals surface area contributed by atoms with Gasteiger partial charge in [-0.2, -0.15) is 0 Å². The molecule has 0 amide bonds. The van der Waals surface area contributed by atoms with Crippen molar-refractivity contribution in [3.63, 3.8) is 0 Å². The highest BCUT2D eigenvalue weighted by atomic mass is 16.5. The highest BCUT2D eigenvalue weighted by Crippen LogP contribution is 2.06. The molecular formula is C10H14N2O3. The van der Waals surface area contributed by atoms with Gasteiger partial charge in [-0.1, -0.05) is 6.07 Å². The molecule has 1 heterocycles. The van der Waals surface area contributed by atoms with E-state index in [9.17, 15) is 4.79 Å².